The molecular weight excluding hydrogens is 248 g/mol. The maximum atomic E-state index is 6.22. The van der Waals surface area contributed by atoms with Gasteiger partial charge in [0.15, 0.2) is 0 Å². The van der Waals surface area contributed by atoms with Crippen molar-refractivity contribution in [3.8, 4) is 5.75 Å². The SMILES string of the molecule is COc1ccc(N2CCNCCC2(C)C)cc1Cl. The Labute approximate surface area is 114 Å². The van der Waals surface area contributed by atoms with Crippen LogP contribution in [0.25, 0.3) is 0 Å². The number of nitrogens with one attached hydrogen (secondary N) is 1. The molecule has 0 amide bonds. The second-order valence-corrected chi connectivity index (χ2v) is 5.69. The second kappa shape index (κ2) is 5.37. The molecule has 0 aliphatic carbocycles. The number of halogens is 1. The average Bonchev–Trinajstić information content (AvgIpc) is 2.50. The van der Waals surface area contributed by atoms with E-state index >= 15 is 0 Å². The van der Waals surface area contributed by atoms with Gasteiger partial charge in [0.05, 0.1) is 12.1 Å². The highest BCUT2D eigenvalue weighted by Gasteiger charge is 2.28. The van der Waals surface area contributed by atoms with Gasteiger partial charge in [-0.25, -0.2) is 0 Å². The molecule has 0 atom stereocenters. The Bertz CT molecular complexity index is 420. The van der Waals surface area contributed by atoms with Crippen molar-refractivity contribution in [2.24, 2.45) is 0 Å². The predicted molar refractivity (Wildman–Crippen MR) is 76.9 cm³/mol. The molecule has 0 saturated carbocycles. The van der Waals surface area contributed by atoms with Crippen molar-refractivity contribution in [3.63, 3.8) is 0 Å². The molecule has 3 nitrogen and oxygen atoms in total. The normalized spacial score (nSPS) is 19.4. The molecule has 1 aromatic rings. The maximum Gasteiger partial charge on any atom is 0.137 e. The Morgan fingerprint density at radius 1 is 1.33 bits per heavy atom. The number of nitrogens with zero attached hydrogens (tertiary/aromatic N) is 1. The molecule has 0 spiro atoms. The molecule has 0 unspecified atom stereocenters. The molecule has 1 fully saturated rings. The number of hydrogen-bond donors (Lipinski definition) is 1. The molecule has 1 N–H and O–H groups in total. The van der Waals surface area contributed by atoms with Crippen LogP contribution >= 0.6 is 11.6 Å². The van der Waals surface area contributed by atoms with Crippen LogP contribution in [0, 0.1) is 0 Å². The summed E-state index contributed by atoms with van der Waals surface area (Å²) in [5, 5.41) is 4.11. The van der Waals surface area contributed by atoms with Gasteiger partial charge in [0, 0.05) is 24.3 Å². The van der Waals surface area contributed by atoms with Crippen LogP contribution in [-0.2, 0) is 0 Å². The van der Waals surface area contributed by atoms with Crippen LogP contribution in [0.1, 0.15) is 20.3 Å². The minimum Gasteiger partial charge on any atom is -0.495 e. The third-order valence-electron chi connectivity index (χ3n) is 3.60. The highest BCUT2D eigenvalue weighted by molar-refractivity contribution is 6.32. The quantitative estimate of drug-likeness (QED) is 0.893. The number of anilines is 1. The fourth-order valence-corrected chi connectivity index (χ4v) is 2.70. The Morgan fingerprint density at radius 3 is 2.78 bits per heavy atom. The second-order valence-electron chi connectivity index (χ2n) is 5.28. The van der Waals surface area contributed by atoms with Crippen LogP contribution in [0.15, 0.2) is 18.2 Å². The summed E-state index contributed by atoms with van der Waals surface area (Å²) in [7, 11) is 1.64. The lowest BCUT2D eigenvalue weighted by Crippen LogP contribution is -2.44. The molecule has 0 bridgehead atoms. The van der Waals surface area contributed by atoms with Crippen molar-refractivity contribution >= 4 is 17.3 Å². The van der Waals surface area contributed by atoms with Crippen LogP contribution < -0.4 is 15.0 Å². The first-order valence-electron chi connectivity index (χ1n) is 6.36. The van der Waals surface area contributed by atoms with E-state index in [1.54, 1.807) is 7.11 Å². The molecule has 1 heterocycles. The molecular formula is C14H21ClN2O. The van der Waals surface area contributed by atoms with E-state index in [4.69, 9.17) is 16.3 Å². The van der Waals surface area contributed by atoms with Gasteiger partial charge in [-0.2, -0.15) is 0 Å². The van der Waals surface area contributed by atoms with Crippen LogP contribution in [0.4, 0.5) is 5.69 Å². The summed E-state index contributed by atoms with van der Waals surface area (Å²) in [5.41, 5.74) is 1.30. The molecule has 4 heteroatoms. The van der Waals surface area contributed by atoms with E-state index in [1.807, 2.05) is 12.1 Å². The van der Waals surface area contributed by atoms with Crippen molar-refractivity contribution in [3.05, 3.63) is 23.2 Å². The molecule has 1 aliphatic heterocycles. The summed E-state index contributed by atoms with van der Waals surface area (Å²) < 4.78 is 5.20. The van der Waals surface area contributed by atoms with E-state index in [9.17, 15) is 0 Å². The summed E-state index contributed by atoms with van der Waals surface area (Å²) in [6.07, 6.45) is 1.12. The third-order valence-corrected chi connectivity index (χ3v) is 3.90. The van der Waals surface area contributed by atoms with E-state index in [2.05, 4.69) is 30.1 Å². The van der Waals surface area contributed by atoms with Gasteiger partial charge < -0.3 is 15.0 Å². The fraction of sp³-hybridized carbons (Fsp3) is 0.571. The minimum atomic E-state index is 0.140. The number of rotatable bonds is 2. The predicted octanol–water partition coefficient (Wildman–Crippen LogP) is 2.93. The van der Waals surface area contributed by atoms with E-state index < -0.39 is 0 Å². The van der Waals surface area contributed by atoms with Crippen LogP contribution in [0.3, 0.4) is 0 Å². The Morgan fingerprint density at radius 2 is 2.11 bits per heavy atom. The monoisotopic (exact) mass is 268 g/mol. The summed E-state index contributed by atoms with van der Waals surface area (Å²) in [4.78, 5) is 2.42. The molecule has 100 valence electrons. The molecule has 0 aromatic heterocycles. The zero-order chi connectivity index (χ0) is 13.2. The Balaban J connectivity index is 2.31. The smallest absolute Gasteiger partial charge is 0.137 e. The lowest BCUT2D eigenvalue weighted by Gasteiger charge is -2.39. The first-order chi connectivity index (χ1) is 8.54. The van der Waals surface area contributed by atoms with Gasteiger partial charge in [-0.1, -0.05) is 11.6 Å². The van der Waals surface area contributed by atoms with Gasteiger partial charge in [0.2, 0.25) is 0 Å². The van der Waals surface area contributed by atoms with Crippen LogP contribution in [-0.4, -0.2) is 32.3 Å². The van der Waals surface area contributed by atoms with E-state index in [-0.39, 0.29) is 5.54 Å². The first-order valence-corrected chi connectivity index (χ1v) is 6.74. The zero-order valence-electron chi connectivity index (χ0n) is 11.3. The van der Waals surface area contributed by atoms with Gasteiger partial charge in [-0.15, -0.1) is 0 Å². The molecule has 1 saturated heterocycles. The van der Waals surface area contributed by atoms with E-state index in [0.717, 1.165) is 37.5 Å². The topological polar surface area (TPSA) is 24.5 Å². The molecule has 1 aliphatic rings. The van der Waals surface area contributed by atoms with Crippen LogP contribution in [0.2, 0.25) is 5.02 Å². The molecule has 18 heavy (non-hydrogen) atoms. The maximum absolute atomic E-state index is 6.22. The summed E-state index contributed by atoms with van der Waals surface area (Å²) in [5.74, 6) is 0.728. The van der Waals surface area contributed by atoms with Crippen LogP contribution in [0.5, 0.6) is 5.75 Å². The third kappa shape index (κ3) is 2.73. The largest absolute Gasteiger partial charge is 0.495 e. The number of benzene rings is 1. The van der Waals surface area contributed by atoms with Crippen molar-refractivity contribution in [2.45, 2.75) is 25.8 Å². The van der Waals surface area contributed by atoms with Gasteiger partial charge in [0.1, 0.15) is 5.75 Å². The summed E-state index contributed by atoms with van der Waals surface area (Å²) in [6.45, 7) is 7.62. The molecule has 2 rings (SSSR count). The molecule has 1 aromatic carbocycles. The van der Waals surface area contributed by atoms with Crippen molar-refractivity contribution in [2.75, 3.05) is 31.6 Å². The number of methoxy groups -OCH3 is 1. The van der Waals surface area contributed by atoms with E-state index in [1.165, 1.54) is 0 Å². The van der Waals surface area contributed by atoms with E-state index in [0.29, 0.717) is 5.02 Å². The number of hydrogen-bond acceptors (Lipinski definition) is 3. The average molecular weight is 269 g/mol. The zero-order valence-corrected chi connectivity index (χ0v) is 12.0. The number of ether oxygens (including phenoxy) is 1. The lowest BCUT2D eigenvalue weighted by molar-refractivity contribution is 0.414. The lowest BCUT2D eigenvalue weighted by atomic mass is 9.97. The van der Waals surface area contributed by atoms with Gasteiger partial charge in [-0.05, 0) is 45.0 Å². The Hall–Kier alpha value is -0.930. The highest BCUT2D eigenvalue weighted by atomic mass is 35.5. The highest BCUT2D eigenvalue weighted by Crippen LogP contribution is 2.33. The molecule has 0 radical (unpaired) electrons. The van der Waals surface area contributed by atoms with Gasteiger partial charge in [0.25, 0.3) is 0 Å². The summed E-state index contributed by atoms with van der Waals surface area (Å²) in [6, 6.07) is 6.01. The first kappa shape index (κ1) is 13.5. The standard InChI is InChI=1S/C14H21ClN2O/c1-14(2)6-7-16-8-9-17(14)11-4-5-13(18-3)12(15)10-11/h4-5,10,16H,6-9H2,1-3H3. The van der Waals surface area contributed by atoms with Gasteiger partial charge in [-0.3, -0.25) is 0 Å². The summed E-state index contributed by atoms with van der Waals surface area (Å²) >= 11 is 6.22. The minimum absolute atomic E-state index is 0.140. The Kier molecular flexibility index (Phi) is 4.03. The van der Waals surface area contributed by atoms with Gasteiger partial charge >= 0.3 is 0 Å². The van der Waals surface area contributed by atoms with Crippen molar-refractivity contribution in [1.82, 2.24) is 5.32 Å². The van der Waals surface area contributed by atoms with Crippen molar-refractivity contribution in [1.29, 1.82) is 0 Å². The van der Waals surface area contributed by atoms with Crippen molar-refractivity contribution < 1.29 is 4.74 Å². The fourth-order valence-electron chi connectivity index (χ4n) is 2.45.